The predicted molar refractivity (Wildman–Crippen MR) is 105 cm³/mol. The van der Waals surface area contributed by atoms with Gasteiger partial charge in [0.25, 0.3) is 5.56 Å². The maximum atomic E-state index is 14.0. The molecular weight excluding hydrogens is 450 g/mol. The van der Waals surface area contributed by atoms with E-state index in [-0.39, 0.29) is 33.6 Å². The smallest absolute Gasteiger partial charge is 0.266 e. The van der Waals surface area contributed by atoms with Crippen LogP contribution in [0.25, 0.3) is 11.1 Å². The summed E-state index contributed by atoms with van der Waals surface area (Å²) < 4.78 is 32.8. The number of halogens is 3. The van der Waals surface area contributed by atoms with Crippen LogP contribution in [0.2, 0.25) is 0 Å². The number of benzene rings is 2. The minimum absolute atomic E-state index is 0.0108. The molecule has 0 aliphatic heterocycles. The van der Waals surface area contributed by atoms with Gasteiger partial charge in [0.15, 0.2) is 0 Å². The number of hydrogen-bond acceptors (Lipinski definition) is 4. The van der Waals surface area contributed by atoms with Gasteiger partial charge in [-0.3, -0.25) is 9.59 Å². The Bertz CT molecular complexity index is 1150. The number of aromatic nitrogens is 1. The standard InChI is InChI=1S/C20H15BrF2N2O4/c21-17-18(29-9-12-4-5-13(22)7-14(12)23)16(15(8-26)25-20(17)28)10-2-1-3-11(6-10)19(24)27/h1-7,26H,8-9H2,(H2,24,27)(H,25,28). The Morgan fingerprint density at radius 1 is 1.21 bits per heavy atom. The van der Waals surface area contributed by atoms with Gasteiger partial charge in [-0.15, -0.1) is 0 Å². The van der Waals surface area contributed by atoms with Gasteiger partial charge < -0.3 is 20.6 Å². The van der Waals surface area contributed by atoms with Crippen LogP contribution < -0.4 is 16.0 Å². The second kappa shape index (κ2) is 8.54. The van der Waals surface area contributed by atoms with Crippen molar-refractivity contribution < 1.29 is 23.4 Å². The molecule has 2 aromatic carbocycles. The van der Waals surface area contributed by atoms with Gasteiger partial charge in [-0.05, 0) is 45.8 Å². The molecule has 1 heterocycles. The molecule has 1 amide bonds. The van der Waals surface area contributed by atoms with Crippen molar-refractivity contribution in [3.8, 4) is 16.9 Å². The van der Waals surface area contributed by atoms with E-state index in [9.17, 15) is 23.5 Å². The maximum absolute atomic E-state index is 14.0. The fraction of sp³-hybridized carbons (Fsp3) is 0.100. The highest BCUT2D eigenvalue weighted by atomic mass is 79.9. The lowest BCUT2D eigenvalue weighted by atomic mass is 10.0. The minimum atomic E-state index is -0.800. The van der Waals surface area contributed by atoms with E-state index in [0.29, 0.717) is 11.1 Å². The second-order valence-electron chi connectivity index (χ2n) is 6.08. The average molecular weight is 465 g/mol. The number of nitrogens with one attached hydrogen (secondary N) is 1. The van der Waals surface area contributed by atoms with Crippen molar-refractivity contribution >= 4 is 21.8 Å². The number of primary amides is 1. The van der Waals surface area contributed by atoms with Crippen LogP contribution in [0.5, 0.6) is 5.75 Å². The zero-order chi connectivity index (χ0) is 21.1. The van der Waals surface area contributed by atoms with Gasteiger partial charge >= 0.3 is 0 Å². The van der Waals surface area contributed by atoms with Crippen molar-refractivity contribution in [3.63, 3.8) is 0 Å². The molecule has 0 unspecified atom stereocenters. The molecular formula is C20H15BrF2N2O4. The lowest BCUT2D eigenvalue weighted by molar-refractivity contribution is 0.100. The number of hydrogen-bond donors (Lipinski definition) is 3. The van der Waals surface area contributed by atoms with Crippen LogP contribution in [-0.4, -0.2) is 16.0 Å². The summed E-state index contributed by atoms with van der Waals surface area (Å²) in [7, 11) is 0. The Balaban J connectivity index is 2.12. The van der Waals surface area contributed by atoms with Crippen LogP contribution in [0.1, 0.15) is 21.6 Å². The van der Waals surface area contributed by atoms with E-state index < -0.39 is 29.7 Å². The third-order valence-electron chi connectivity index (χ3n) is 4.17. The molecule has 0 radical (unpaired) electrons. The Kier molecular flexibility index (Phi) is 6.09. The third kappa shape index (κ3) is 4.36. The largest absolute Gasteiger partial charge is 0.487 e. The highest BCUT2D eigenvalue weighted by Gasteiger charge is 2.20. The van der Waals surface area contributed by atoms with Crippen LogP contribution in [0.3, 0.4) is 0 Å². The molecule has 0 fully saturated rings. The van der Waals surface area contributed by atoms with Gasteiger partial charge in [-0.25, -0.2) is 8.78 Å². The minimum Gasteiger partial charge on any atom is -0.487 e. The lowest BCUT2D eigenvalue weighted by Crippen LogP contribution is -2.15. The Morgan fingerprint density at radius 2 is 1.97 bits per heavy atom. The molecule has 0 saturated carbocycles. The molecule has 0 bridgehead atoms. The molecule has 3 aromatic rings. The van der Waals surface area contributed by atoms with Gasteiger partial charge in [-0.2, -0.15) is 0 Å². The van der Waals surface area contributed by atoms with Gasteiger partial charge in [0, 0.05) is 22.8 Å². The van der Waals surface area contributed by atoms with Crippen LogP contribution >= 0.6 is 15.9 Å². The summed E-state index contributed by atoms with van der Waals surface area (Å²) in [4.78, 5) is 26.3. The molecule has 6 nitrogen and oxygen atoms in total. The number of rotatable bonds is 6. The summed E-state index contributed by atoms with van der Waals surface area (Å²) >= 11 is 3.15. The normalized spacial score (nSPS) is 10.8. The first-order chi connectivity index (χ1) is 13.8. The Morgan fingerprint density at radius 3 is 2.62 bits per heavy atom. The molecule has 3 rings (SSSR count). The fourth-order valence-electron chi connectivity index (χ4n) is 2.78. The molecule has 1 aromatic heterocycles. The zero-order valence-corrected chi connectivity index (χ0v) is 16.4. The first-order valence-electron chi connectivity index (χ1n) is 8.34. The van der Waals surface area contributed by atoms with Crippen molar-refractivity contribution in [1.82, 2.24) is 4.98 Å². The summed E-state index contributed by atoms with van der Waals surface area (Å²) in [6.45, 7) is -0.832. The SMILES string of the molecule is NC(=O)c1cccc(-c2c(CO)[nH]c(=O)c(Br)c2OCc2ccc(F)cc2F)c1. The summed E-state index contributed by atoms with van der Waals surface area (Å²) in [6.07, 6.45) is 0. The Labute approximate surface area is 172 Å². The van der Waals surface area contributed by atoms with Gasteiger partial charge in [-0.1, -0.05) is 12.1 Å². The number of aliphatic hydroxyl groups is 1. The van der Waals surface area contributed by atoms with Crippen molar-refractivity contribution in [2.45, 2.75) is 13.2 Å². The van der Waals surface area contributed by atoms with Gasteiger partial charge in [0.05, 0.1) is 12.3 Å². The van der Waals surface area contributed by atoms with Crippen LogP contribution in [-0.2, 0) is 13.2 Å². The number of carbonyl (C=O) groups excluding carboxylic acids is 1. The molecule has 150 valence electrons. The third-order valence-corrected chi connectivity index (χ3v) is 4.89. The highest BCUT2D eigenvalue weighted by Crippen LogP contribution is 2.37. The van der Waals surface area contributed by atoms with E-state index in [1.54, 1.807) is 12.1 Å². The lowest BCUT2D eigenvalue weighted by Gasteiger charge is -2.17. The number of nitrogens with two attached hydrogens (primary N) is 1. The summed E-state index contributed by atoms with van der Waals surface area (Å²) in [5.74, 6) is -2.15. The molecule has 0 atom stereocenters. The molecule has 0 aliphatic rings. The van der Waals surface area contributed by atoms with Crippen LogP contribution in [0.4, 0.5) is 8.78 Å². The summed E-state index contributed by atoms with van der Waals surface area (Å²) in [5.41, 5.74) is 5.91. The van der Waals surface area contributed by atoms with E-state index in [4.69, 9.17) is 10.5 Å². The van der Waals surface area contributed by atoms with Crippen molar-refractivity contribution in [2.75, 3.05) is 0 Å². The highest BCUT2D eigenvalue weighted by molar-refractivity contribution is 9.10. The molecule has 29 heavy (non-hydrogen) atoms. The number of amides is 1. The average Bonchev–Trinajstić information content (AvgIpc) is 2.69. The molecule has 0 spiro atoms. The van der Waals surface area contributed by atoms with Crippen molar-refractivity contribution in [2.24, 2.45) is 5.73 Å². The zero-order valence-electron chi connectivity index (χ0n) is 14.8. The first-order valence-corrected chi connectivity index (χ1v) is 9.13. The molecule has 4 N–H and O–H groups in total. The maximum Gasteiger partial charge on any atom is 0.266 e. The second-order valence-corrected chi connectivity index (χ2v) is 6.87. The fourth-order valence-corrected chi connectivity index (χ4v) is 3.19. The van der Waals surface area contributed by atoms with E-state index in [0.717, 1.165) is 12.1 Å². The van der Waals surface area contributed by atoms with E-state index in [1.807, 2.05) is 0 Å². The van der Waals surface area contributed by atoms with Crippen molar-refractivity contribution in [3.05, 3.63) is 85.7 Å². The number of H-pyrrole nitrogens is 1. The number of ether oxygens (including phenoxy) is 1. The quantitative estimate of drug-likeness (QED) is 0.520. The number of aliphatic hydroxyl groups excluding tert-OH is 1. The van der Waals surface area contributed by atoms with E-state index in [1.165, 1.54) is 18.2 Å². The predicted octanol–water partition coefficient (Wildman–Crippen LogP) is 3.25. The number of pyridine rings is 1. The van der Waals surface area contributed by atoms with Crippen LogP contribution in [0, 0.1) is 11.6 Å². The van der Waals surface area contributed by atoms with Crippen molar-refractivity contribution in [1.29, 1.82) is 0 Å². The number of aromatic amines is 1. The van der Waals surface area contributed by atoms with Crippen LogP contribution in [0.15, 0.2) is 51.7 Å². The monoisotopic (exact) mass is 464 g/mol. The van der Waals surface area contributed by atoms with E-state index in [2.05, 4.69) is 20.9 Å². The summed E-state index contributed by atoms with van der Waals surface area (Å²) in [6, 6.07) is 9.25. The summed E-state index contributed by atoms with van der Waals surface area (Å²) in [5, 5.41) is 9.72. The Hall–Kier alpha value is -3.04. The molecule has 0 aliphatic carbocycles. The van der Waals surface area contributed by atoms with Gasteiger partial charge in [0.1, 0.15) is 28.5 Å². The number of carbonyl (C=O) groups is 1. The van der Waals surface area contributed by atoms with E-state index >= 15 is 0 Å². The topological polar surface area (TPSA) is 105 Å². The molecule has 0 saturated heterocycles. The molecule has 9 heteroatoms. The van der Waals surface area contributed by atoms with Gasteiger partial charge in [0.2, 0.25) is 5.91 Å². The first kappa shape index (κ1) is 20.7.